The van der Waals surface area contributed by atoms with Crippen molar-refractivity contribution in [3.8, 4) is 0 Å². The molecule has 1 amide bonds. The summed E-state index contributed by atoms with van der Waals surface area (Å²) in [5, 5.41) is 13.4. The first-order valence-corrected chi connectivity index (χ1v) is 13.8. The van der Waals surface area contributed by atoms with E-state index < -0.39 is 20.0 Å². The lowest BCUT2D eigenvalue weighted by atomic mass is 10.0. The molecule has 9 heteroatoms. The van der Waals surface area contributed by atoms with Gasteiger partial charge in [-0.25, -0.2) is 0 Å². The summed E-state index contributed by atoms with van der Waals surface area (Å²) < 4.78 is 22.6. The fraction of sp³-hybridized carbons (Fsp3) is 0.957. The van der Waals surface area contributed by atoms with Crippen LogP contribution < -0.4 is 10.2 Å². The number of phosphoric ester groups is 1. The second kappa shape index (κ2) is 17.9. The fourth-order valence-corrected chi connectivity index (χ4v) is 3.93. The quantitative estimate of drug-likeness (QED) is 0.147. The molecule has 0 radical (unpaired) electrons. The van der Waals surface area contributed by atoms with Crippen molar-refractivity contribution in [1.29, 1.82) is 0 Å². The highest BCUT2D eigenvalue weighted by molar-refractivity contribution is 7.45. The molecule has 0 rings (SSSR count). The molecule has 32 heavy (non-hydrogen) atoms. The normalized spacial score (nSPS) is 15.8. The molecular weight excluding hydrogens is 431 g/mol. The van der Waals surface area contributed by atoms with E-state index in [1.54, 1.807) is 0 Å². The van der Waals surface area contributed by atoms with Crippen LogP contribution in [0.1, 0.15) is 90.9 Å². The summed E-state index contributed by atoms with van der Waals surface area (Å²) >= 11 is 0. The maximum atomic E-state index is 12.4. The van der Waals surface area contributed by atoms with E-state index in [0.29, 0.717) is 23.9 Å². The van der Waals surface area contributed by atoms with Gasteiger partial charge in [0.05, 0.1) is 39.9 Å². The molecule has 3 unspecified atom stereocenters. The number of quaternary nitrogens is 1. The third-order valence-corrected chi connectivity index (χ3v) is 6.31. The van der Waals surface area contributed by atoms with Gasteiger partial charge in [-0.15, -0.1) is 0 Å². The van der Waals surface area contributed by atoms with Gasteiger partial charge in [0.15, 0.2) is 0 Å². The van der Waals surface area contributed by atoms with Crippen molar-refractivity contribution in [3.63, 3.8) is 0 Å². The van der Waals surface area contributed by atoms with Crippen molar-refractivity contribution >= 4 is 13.7 Å². The van der Waals surface area contributed by atoms with Gasteiger partial charge >= 0.3 is 0 Å². The molecule has 0 aliphatic rings. The summed E-state index contributed by atoms with van der Waals surface area (Å²) in [6.45, 7) is 4.47. The van der Waals surface area contributed by atoms with Crippen molar-refractivity contribution in [3.05, 3.63) is 0 Å². The zero-order valence-electron chi connectivity index (χ0n) is 21.1. The van der Waals surface area contributed by atoms with Gasteiger partial charge in [-0.2, -0.15) is 0 Å². The molecule has 2 N–H and O–H groups in total. The van der Waals surface area contributed by atoms with Gasteiger partial charge < -0.3 is 28.8 Å². The van der Waals surface area contributed by atoms with E-state index in [0.717, 1.165) is 64.2 Å². The first-order valence-electron chi connectivity index (χ1n) is 12.4. The molecular formula is C23H49N2O6P. The smallest absolute Gasteiger partial charge is 0.268 e. The number of amides is 1. The zero-order chi connectivity index (χ0) is 24.5. The number of hydrogen-bond acceptors (Lipinski definition) is 6. The Morgan fingerprint density at radius 3 is 2.09 bits per heavy atom. The van der Waals surface area contributed by atoms with Crippen molar-refractivity contribution in [2.75, 3.05) is 40.9 Å². The first kappa shape index (κ1) is 31.5. The molecule has 0 fully saturated rings. The highest BCUT2D eigenvalue weighted by atomic mass is 31.2. The molecule has 192 valence electrons. The highest BCUT2D eigenvalue weighted by Crippen LogP contribution is 2.38. The Hall–Kier alpha value is -0.500. The van der Waals surface area contributed by atoms with Crippen LogP contribution in [0, 0.1) is 0 Å². The number of nitrogens with one attached hydrogen (secondary N) is 1. The minimum absolute atomic E-state index is 0.0129. The average molecular weight is 481 g/mol. The van der Waals surface area contributed by atoms with Gasteiger partial charge in [0, 0.05) is 6.42 Å². The molecule has 0 aromatic carbocycles. The number of aliphatic hydroxyl groups is 1. The minimum atomic E-state index is -4.51. The lowest BCUT2D eigenvalue weighted by Crippen LogP contribution is -2.46. The third kappa shape index (κ3) is 19.0. The van der Waals surface area contributed by atoms with Gasteiger partial charge in [-0.05, 0) is 12.8 Å². The molecule has 0 aromatic heterocycles. The van der Waals surface area contributed by atoms with Crippen LogP contribution in [0.4, 0.5) is 0 Å². The van der Waals surface area contributed by atoms with E-state index in [2.05, 4.69) is 19.2 Å². The van der Waals surface area contributed by atoms with Gasteiger partial charge in [0.2, 0.25) is 5.91 Å². The predicted octanol–water partition coefficient (Wildman–Crippen LogP) is 3.76. The van der Waals surface area contributed by atoms with Crippen LogP contribution >= 0.6 is 7.82 Å². The van der Waals surface area contributed by atoms with Gasteiger partial charge in [-0.1, -0.05) is 71.6 Å². The van der Waals surface area contributed by atoms with Crippen molar-refractivity contribution in [2.24, 2.45) is 0 Å². The van der Waals surface area contributed by atoms with Crippen LogP contribution in [-0.4, -0.2) is 68.5 Å². The maximum absolute atomic E-state index is 12.4. The summed E-state index contributed by atoms with van der Waals surface area (Å²) in [7, 11) is 1.29. The summed E-state index contributed by atoms with van der Waals surface area (Å²) in [4.78, 5) is 24.5. The number of likely N-dealkylation sites (N-methyl/N-ethyl adjacent to an activating group) is 1. The Morgan fingerprint density at radius 1 is 0.969 bits per heavy atom. The molecule has 0 aliphatic heterocycles. The zero-order valence-corrected chi connectivity index (χ0v) is 22.0. The average Bonchev–Trinajstić information content (AvgIpc) is 2.69. The van der Waals surface area contributed by atoms with Crippen LogP contribution in [0.2, 0.25) is 0 Å². The Morgan fingerprint density at radius 2 is 1.53 bits per heavy atom. The van der Waals surface area contributed by atoms with Crippen molar-refractivity contribution < 1.29 is 32.9 Å². The Bertz CT molecular complexity index is 527. The second-order valence-corrected chi connectivity index (χ2v) is 11.1. The largest absolute Gasteiger partial charge is 0.756 e. The molecule has 0 bridgehead atoms. The molecule has 0 aromatic rings. The number of carbonyl (C=O) groups excluding carboxylic acids is 1. The summed E-state index contributed by atoms with van der Waals surface area (Å²) in [6.07, 6.45) is 10.3. The van der Waals surface area contributed by atoms with Gasteiger partial charge in [-0.3, -0.25) is 9.36 Å². The topological polar surface area (TPSA) is 108 Å². The molecule has 0 spiro atoms. The summed E-state index contributed by atoms with van der Waals surface area (Å²) in [5.41, 5.74) is 0. The van der Waals surface area contributed by atoms with Crippen LogP contribution in [0.15, 0.2) is 0 Å². The van der Waals surface area contributed by atoms with E-state index in [9.17, 15) is 19.4 Å². The van der Waals surface area contributed by atoms with E-state index in [4.69, 9.17) is 9.05 Å². The second-order valence-electron chi connectivity index (χ2n) is 9.70. The van der Waals surface area contributed by atoms with Gasteiger partial charge in [0.25, 0.3) is 7.82 Å². The Labute approximate surface area is 196 Å². The monoisotopic (exact) mass is 480 g/mol. The van der Waals surface area contributed by atoms with Crippen molar-refractivity contribution in [1.82, 2.24) is 5.32 Å². The first-order chi connectivity index (χ1) is 15.0. The standard InChI is InChI=1S/C23H49N2O6P/c1-6-8-10-12-14-16-22(26)21(24-23(27)17-15-13-11-9-7-2)20-31-32(28,29)30-19-18-25(3,4)5/h21-22,26H,6-20H2,1-5H3,(H-,24,27,28,29). The fourth-order valence-electron chi connectivity index (χ4n) is 3.21. The molecule has 0 saturated carbocycles. The number of hydrogen-bond donors (Lipinski definition) is 2. The lowest BCUT2D eigenvalue weighted by molar-refractivity contribution is -0.870. The molecule has 8 nitrogen and oxygen atoms in total. The number of nitrogens with zero attached hydrogens (tertiary/aromatic N) is 1. The third-order valence-electron chi connectivity index (χ3n) is 5.35. The van der Waals surface area contributed by atoms with Crippen LogP contribution in [0.3, 0.4) is 0 Å². The number of unbranched alkanes of at least 4 members (excludes halogenated alkanes) is 8. The van der Waals surface area contributed by atoms with Crippen LogP contribution in [0.25, 0.3) is 0 Å². The molecule has 0 saturated heterocycles. The lowest BCUT2D eigenvalue weighted by Gasteiger charge is -2.30. The number of carbonyl (C=O) groups is 1. The number of rotatable bonds is 21. The van der Waals surface area contributed by atoms with E-state index in [1.807, 2.05) is 21.1 Å². The number of phosphoric acid groups is 1. The highest BCUT2D eigenvalue weighted by Gasteiger charge is 2.24. The Kier molecular flexibility index (Phi) is 17.6. The summed E-state index contributed by atoms with van der Waals surface area (Å²) in [5.74, 6) is -0.188. The van der Waals surface area contributed by atoms with Crippen molar-refractivity contribution in [2.45, 2.75) is 103 Å². The molecule has 0 aliphatic carbocycles. The molecule has 0 heterocycles. The van der Waals surface area contributed by atoms with E-state index in [-0.39, 0.29) is 19.1 Å². The summed E-state index contributed by atoms with van der Waals surface area (Å²) in [6, 6.07) is -0.784. The number of aliphatic hydroxyl groups excluding tert-OH is 1. The van der Waals surface area contributed by atoms with Crippen LogP contribution in [-0.2, 0) is 18.4 Å². The SMILES string of the molecule is CCCCCCCC(=O)NC(COP(=O)([O-])OCC[N+](C)(C)C)C(O)CCCCCCC. The molecule has 3 atom stereocenters. The van der Waals surface area contributed by atoms with E-state index in [1.165, 1.54) is 0 Å². The minimum Gasteiger partial charge on any atom is -0.756 e. The maximum Gasteiger partial charge on any atom is 0.268 e. The van der Waals surface area contributed by atoms with E-state index >= 15 is 0 Å². The predicted molar refractivity (Wildman–Crippen MR) is 127 cm³/mol. The Balaban J connectivity index is 4.68. The van der Waals surface area contributed by atoms with Gasteiger partial charge in [0.1, 0.15) is 13.2 Å². The van der Waals surface area contributed by atoms with Crippen LogP contribution in [0.5, 0.6) is 0 Å².